The lowest BCUT2D eigenvalue weighted by Crippen LogP contribution is -2.25. The predicted molar refractivity (Wildman–Crippen MR) is 129 cm³/mol. The smallest absolute Gasteiger partial charge is 0.239 e. The number of carbonyl (C=O) groups is 2. The van der Waals surface area contributed by atoms with Gasteiger partial charge in [-0.2, -0.15) is 0 Å². The van der Waals surface area contributed by atoms with Gasteiger partial charge in [0.05, 0.1) is 23.8 Å². The fraction of sp³-hybridized carbons (Fsp3) is 0.261. The van der Waals surface area contributed by atoms with Gasteiger partial charge in [0.2, 0.25) is 11.8 Å². The number of thioether (sulfide) groups is 1. The molecule has 0 saturated carbocycles. The number of aryl methyl sites for hydroxylation is 2. The monoisotopic (exact) mass is 455 g/mol. The fourth-order valence-corrected chi connectivity index (χ4v) is 4.31. The van der Waals surface area contributed by atoms with Gasteiger partial charge >= 0.3 is 0 Å². The molecule has 0 bridgehead atoms. The number of nitrogens with zero attached hydrogens (tertiary/aromatic N) is 1. The van der Waals surface area contributed by atoms with E-state index in [1.165, 1.54) is 23.1 Å². The maximum atomic E-state index is 12.5. The van der Waals surface area contributed by atoms with Gasteiger partial charge in [0, 0.05) is 16.1 Å². The first kappa shape index (κ1) is 22.8. The van der Waals surface area contributed by atoms with Crippen molar-refractivity contribution in [3.63, 3.8) is 0 Å². The molecular formula is C23H25N3O3S2. The molecule has 0 aliphatic heterocycles. The zero-order valence-corrected chi connectivity index (χ0v) is 19.5. The highest BCUT2D eigenvalue weighted by molar-refractivity contribution is 8.01. The Hall–Kier alpha value is -2.84. The second-order valence-electron chi connectivity index (χ2n) is 7.01. The van der Waals surface area contributed by atoms with E-state index in [1.807, 2.05) is 62.4 Å². The summed E-state index contributed by atoms with van der Waals surface area (Å²) >= 11 is 2.71. The van der Waals surface area contributed by atoms with E-state index in [1.54, 1.807) is 14.0 Å². The number of ether oxygens (including phenoxy) is 1. The lowest BCUT2D eigenvalue weighted by atomic mass is 10.1. The Labute approximate surface area is 190 Å². The number of hydrogen-bond acceptors (Lipinski definition) is 6. The molecule has 162 valence electrons. The molecule has 3 rings (SSSR count). The minimum Gasteiger partial charge on any atom is -0.497 e. The number of aromatic nitrogens is 1. The van der Waals surface area contributed by atoms with Gasteiger partial charge in [-0.3, -0.25) is 9.59 Å². The lowest BCUT2D eigenvalue weighted by molar-refractivity contribution is -0.115. The number of amides is 2. The van der Waals surface area contributed by atoms with Crippen LogP contribution in [0.4, 0.5) is 10.8 Å². The normalized spacial score (nSPS) is 11.6. The molecule has 1 unspecified atom stereocenters. The molecule has 2 aromatic carbocycles. The quantitative estimate of drug-likeness (QED) is 0.492. The SMILES string of the molecule is COc1ccc(-c2nc(NC(=O)C(C)SCC(=O)Nc3ccc(C)cc3)sc2C)cc1. The second-order valence-corrected chi connectivity index (χ2v) is 9.54. The van der Waals surface area contributed by atoms with Gasteiger partial charge in [0.1, 0.15) is 5.75 Å². The van der Waals surface area contributed by atoms with Gasteiger partial charge in [-0.05, 0) is 57.2 Å². The highest BCUT2D eigenvalue weighted by Crippen LogP contribution is 2.31. The van der Waals surface area contributed by atoms with Crippen LogP contribution in [-0.4, -0.2) is 34.9 Å². The van der Waals surface area contributed by atoms with Crippen LogP contribution in [0.3, 0.4) is 0 Å². The Balaban J connectivity index is 1.53. The van der Waals surface area contributed by atoms with Crippen molar-refractivity contribution in [3.8, 4) is 17.0 Å². The Bertz CT molecular complexity index is 1050. The average molecular weight is 456 g/mol. The van der Waals surface area contributed by atoms with Crippen LogP contribution in [0.15, 0.2) is 48.5 Å². The van der Waals surface area contributed by atoms with E-state index in [0.29, 0.717) is 5.13 Å². The molecule has 0 aliphatic rings. The maximum Gasteiger partial charge on any atom is 0.239 e. The van der Waals surface area contributed by atoms with Crippen LogP contribution >= 0.6 is 23.1 Å². The summed E-state index contributed by atoms with van der Waals surface area (Å²) in [7, 11) is 1.63. The first-order valence-corrected chi connectivity index (χ1v) is 11.6. The van der Waals surface area contributed by atoms with Crippen molar-refractivity contribution in [2.24, 2.45) is 0 Å². The zero-order chi connectivity index (χ0) is 22.4. The third-order valence-electron chi connectivity index (χ3n) is 4.56. The van der Waals surface area contributed by atoms with Crippen LogP contribution in [-0.2, 0) is 9.59 Å². The number of carbonyl (C=O) groups excluding carboxylic acids is 2. The first-order valence-electron chi connectivity index (χ1n) is 9.76. The molecule has 1 atom stereocenters. The molecule has 2 N–H and O–H groups in total. The molecule has 2 amide bonds. The van der Waals surface area contributed by atoms with Crippen LogP contribution in [0.5, 0.6) is 5.75 Å². The molecule has 3 aromatic rings. The number of thiazole rings is 1. The molecule has 0 radical (unpaired) electrons. The Morgan fingerprint density at radius 3 is 2.39 bits per heavy atom. The van der Waals surface area contributed by atoms with E-state index in [4.69, 9.17) is 4.74 Å². The van der Waals surface area contributed by atoms with E-state index >= 15 is 0 Å². The van der Waals surface area contributed by atoms with E-state index < -0.39 is 5.25 Å². The van der Waals surface area contributed by atoms with E-state index in [0.717, 1.165) is 33.1 Å². The molecule has 0 aliphatic carbocycles. The molecule has 31 heavy (non-hydrogen) atoms. The summed E-state index contributed by atoms with van der Waals surface area (Å²) in [6.07, 6.45) is 0. The van der Waals surface area contributed by atoms with Gasteiger partial charge in [0.25, 0.3) is 0 Å². The van der Waals surface area contributed by atoms with E-state index in [2.05, 4.69) is 15.6 Å². The number of benzene rings is 2. The standard InChI is InChI=1S/C23H25N3O3S2/c1-14-5-9-18(10-6-14)24-20(27)13-30-16(3)22(28)26-23-25-21(15(2)31-23)17-7-11-19(29-4)12-8-17/h5-12,16H,13H2,1-4H3,(H,24,27)(H,25,26,28). The van der Waals surface area contributed by atoms with Gasteiger partial charge in [-0.15, -0.1) is 23.1 Å². The largest absolute Gasteiger partial charge is 0.497 e. The topological polar surface area (TPSA) is 80.3 Å². The molecule has 6 nitrogen and oxygen atoms in total. The predicted octanol–water partition coefficient (Wildman–Crippen LogP) is 5.13. The number of anilines is 2. The molecule has 8 heteroatoms. The third-order valence-corrected chi connectivity index (χ3v) is 6.59. The van der Waals surface area contributed by atoms with Gasteiger partial charge < -0.3 is 15.4 Å². The summed E-state index contributed by atoms with van der Waals surface area (Å²) in [5.74, 6) is 0.655. The highest BCUT2D eigenvalue weighted by Gasteiger charge is 2.18. The summed E-state index contributed by atoms with van der Waals surface area (Å²) in [4.78, 5) is 30.3. The van der Waals surface area contributed by atoms with Crippen LogP contribution in [0, 0.1) is 13.8 Å². The lowest BCUT2D eigenvalue weighted by Gasteiger charge is -2.11. The summed E-state index contributed by atoms with van der Waals surface area (Å²) in [5, 5.41) is 5.86. The summed E-state index contributed by atoms with van der Waals surface area (Å²) in [6.45, 7) is 5.75. The molecule has 1 aromatic heterocycles. The highest BCUT2D eigenvalue weighted by atomic mass is 32.2. The first-order chi connectivity index (χ1) is 14.9. The number of nitrogens with one attached hydrogen (secondary N) is 2. The van der Waals surface area contributed by atoms with Gasteiger partial charge in [0.15, 0.2) is 5.13 Å². The van der Waals surface area contributed by atoms with Crippen molar-refractivity contribution < 1.29 is 14.3 Å². The molecule has 1 heterocycles. The average Bonchev–Trinajstić information content (AvgIpc) is 3.13. The Kier molecular flexibility index (Phi) is 7.70. The molecule has 0 fully saturated rings. The van der Waals surface area contributed by atoms with Crippen molar-refractivity contribution in [2.45, 2.75) is 26.0 Å². The number of rotatable bonds is 8. The Morgan fingerprint density at radius 1 is 1.06 bits per heavy atom. The second kappa shape index (κ2) is 10.5. The van der Waals surface area contributed by atoms with Crippen LogP contribution in [0.2, 0.25) is 0 Å². The summed E-state index contributed by atoms with van der Waals surface area (Å²) in [6, 6.07) is 15.2. The molecule has 0 saturated heterocycles. The van der Waals surface area contributed by atoms with Crippen molar-refractivity contribution in [3.05, 3.63) is 59.0 Å². The minimum atomic E-state index is -0.391. The van der Waals surface area contributed by atoms with Crippen LogP contribution < -0.4 is 15.4 Å². The summed E-state index contributed by atoms with van der Waals surface area (Å²) in [5.41, 5.74) is 3.67. The van der Waals surface area contributed by atoms with Crippen molar-refractivity contribution >= 4 is 45.7 Å². The Morgan fingerprint density at radius 2 is 1.74 bits per heavy atom. The zero-order valence-electron chi connectivity index (χ0n) is 17.9. The van der Waals surface area contributed by atoms with Gasteiger partial charge in [-0.25, -0.2) is 4.98 Å². The number of hydrogen-bond donors (Lipinski definition) is 2. The fourth-order valence-electron chi connectivity index (χ4n) is 2.78. The van der Waals surface area contributed by atoms with Crippen LogP contribution in [0.25, 0.3) is 11.3 Å². The molecular weight excluding hydrogens is 430 g/mol. The number of methoxy groups -OCH3 is 1. The van der Waals surface area contributed by atoms with Crippen molar-refractivity contribution in [1.29, 1.82) is 0 Å². The van der Waals surface area contributed by atoms with Crippen molar-refractivity contribution in [2.75, 3.05) is 23.5 Å². The van der Waals surface area contributed by atoms with Gasteiger partial charge in [-0.1, -0.05) is 17.7 Å². The summed E-state index contributed by atoms with van der Waals surface area (Å²) < 4.78 is 5.19. The minimum absolute atomic E-state index is 0.139. The van der Waals surface area contributed by atoms with E-state index in [9.17, 15) is 9.59 Å². The van der Waals surface area contributed by atoms with Crippen LogP contribution in [0.1, 0.15) is 17.4 Å². The third kappa shape index (κ3) is 6.32. The maximum absolute atomic E-state index is 12.5. The molecule has 0 spiro atoms. The van der Waals surface area contributed by atoms with Crippen molar-refractivity contribution in [1.82, 2.24) is 4.98 Å². The van der Waals surface area contributed by atoms with E-state index in [-0.39, 0.29) is 17.6 Å².